The van der Waals surface area contributed by atoms with Crippen LogP contribution in [0.3, 0.4) is 0 Å². The number of nitrogens with zero attached hydrogens (tertiary/aromatic N) is 3. The monoisotopic (exact) mass is 402 g/mol. The molecule has 0 aliphatic carbocycles. The van der Waals surface area contributed by atoms with E-state index in [1.807, 2.05) is 24.3 Å². The van der Waals surface area contributed by atoms with Crippen LogP contribution in [0, 0.1) is 5.82 Å². The van der Waals surface area contributed by atoms with Gasteiger partial charge in [-0.1, -0.05) is 24.3 Å². The van der Waals surface area contributed by atoms with Gasteiger partial charge in [0.2, 0.25) is 10.0 Å². The maximum Gasteiger partial charge on any atom is 0.213 e. The molecule has 1 aliphatic rings. The molecule has 4 rings (SSSR count). The van der Waals surface area contributed by atoms with Gasteiger partial charge in [-0.2, -0.15) is 4.31 Å². The van der Waals surface area contributed by atoms with Crippen LogP contribution in [0.2, 0.25) is 0 Å². The van der Waals surface area contributed by atoms with E-state index in [-0.39, 0.29) is 17.6 Å². The third-order valence-electron chi connectivity index (χ3n) is 5.23. The van der Waals surface area contributed by atoms with Crippen LogP contribution in [-0.4, -0.2) is 53.0 Å². The zero-order valence-corrected chi connectivity index (χ0v) is 16.5. The lowest BCUT2D eigenvalue weighted by Gasteiger charge is -2.39. The molecule has 1 unspecified atom stereocenters. The van der Waals surface area contributed by atoms with E-state index in [2.05, 4.69) is 9.88 Å². The summed E-state index contributed by atoms with van der Waals surface area (Å²) in [6.45, 7) is 3.63. The van der Waals surface area contributed by atoms with Crippen LogP contribution in [0.1, 0.15) is 24.4 Å². The molecule has 1 atom stereocenters. The standard InChI is InChI=1S/C20H23FN4O2S/c1-2-28(26,27)25-12-11-24(13-15-7-9-16(21)10-8-15)19(14-25)20-22-17-5-3-4-6-18(17)23-20/h3-10,19H,2,11-14H2,1H3,(H,22,23). The Kier molecular flexibility index (Phi) is 5.18. The number of piperazine rings is 1. The molecular formula is C20H23FN4O2S. The zero-order valence-electron chi connectivity index (χ0n) is 15.7. The van der Waals surface area contributed by atoms with Gasteiger partial charge in [-0.25, -0.2) is 17.8 Å². The predicted molar refractivity (Wildman–Crippen MR) is 107 cm³/mol. The molecule has 0 amide bonds. The van der Waals surface area contributed by atoms with Crippen LogP contribution < -0.4 is 0 Å². The minimum absolute atomic E-state index is 0.0812. The van der Waals surface area contributed by atoms with Crippen LogP contribution in [0.15, 0.2) is 48.5 Å². The molecule has 1 fully saturated rings. The van der Waals surface area contributed by atoms with E-state index >= 15 is 0 Å². The molecule has 6 nitrogen and oxygen atoms in total. The largest absolute Gasteiger partial charge is 0.341 e. The van der Waals surface area contributed by atoms with Crippen LogP contribution in [0.25, 0.3) is 11.0 Å². The average molecular weight is 402 g/mol. The van der Waals surface area contributed by atoms with Gasteiger partial charge in [0.05, 0.1) is 22.8 Å². The minimum Gasteiger partial charge on any atom is -0.341 e. The number of halogens is 1. The van der Waals surface area contributed by atoms with Crippen molar-refractivity contribution >= 4 is 21.1 Å². The van der Waals surface area contributed by atoms with Gasteiger partial charge in [0.25, 0.3) is 0 Å². The number of hydrogen-bond donors (Lipinski definition) is 1. The Hall–Kier alpha value is -2.29. The number of sulfonamides is 1. The summed E-state index contributed by atoms with van der Waals surface area (Å²) >= 11 is 0. The Labute approximate surface area is 164 Å². The lowest BCUT2D eigenvalue weighted by atomic mass is 10.1. The number of para-hydroxylation sites is 2. The van der Waals surface area contributed by atoms with Crippen molar-refractivity contribution in [2.75, 3.05) is 25.4 Å². The van der Waals surface area contributed by atoms with Gasteiger partial charge in [0, 0.05) is 26.2 Å². The Bertz CT molecular complexity index is 1030. The highest BCUT2D eigenvalue weighted by Crippen LogP contribution is 2.28. The second kappa shape index (κ2) is 7.62. The van der Waals surface area contributed by atoms with E-state index in [0.29, 0.717) is 26.2 Å². The molecule has 0 spiro atoms. The third kappa shape index (κ3) is 3.80. The van der Waals surface area contributed by atoms with Crippen molar-refractivity contribution in [2.24, 2.45) is 0 Å². The number of hydrogen-bond acceptors (Lipinski definition) is 4. The number of imidazole rings is 1. The molecule has 2 heterocycles. The van der Waals surface area contributed by atoms with Crippen molar-refractivity contribution < 1.29 is 12.8 Å². The number of rotatable bonds is 5. The molecule has 3 aromatic rings. The lowest BCUT2D eigenvalue weighted by molar-refractivity contribution is 0.106. The van der Waals surface area contributed by atoms with E-state index in [9.17, 15) is 12.8 Å². The molecule has 8 heteroatoms. The molecule has 0 saturated carbocycles. The van der Waals surface area contributed by atoms with Gasteiger partial charge in [0.1, 0.15) is 11.6 Å². The fraction of sp³-hybridized carbons (Fsp3) is 0.350. The summed E-state index contributed by atoms with van der Waals surface area (Å²) in [4.78, 5) is 10.3. The van der Waals surface area contributed by atoms with Crippen molar-refractivity contribution in [2.45, 2.75) is 19.5 Å². The minimum atomic E-state index is -3.28. The highest BCUT2D eigenvalue weighted by molar-refractivity contribution is 7.89. The zero-order chi connectivity index (χ0) is 19.7. The SMILES string of the molecule is CCS(=O)(=O)N1CCN(Cc2ccc(F)cc2)C(c2nc3ccccc3[nH]2)C1. The number of aromatic nitrogens is 2. The first kappa shape index (κ1) is 19.0. The summed E-state index contributed by atoms with van der Waals surface area (Å²) < 4.78 is 39.7. The van der Waals surface area contributed by atoms with E-state index < -0.39 is 10.0 Å². The highest BCUT2D eigenvalue weighted by Gasteiger charge is 2.35. The Morgan fingerprint density at radius 3 is 2.61 bits per heavy atom. The van der Waals surface area contributed by atoms with Crippen LogP contribution in [0.4, 0.5) is 4.39 Å². The molecule has 1 saturated heterocycles. The van der Waals surface area contributed by atoms with Gasteiger partial charge in [-0.3, -0.25) is 4.90 Å². The summed E-state index contributed by atoms with van der Waals surface area (Å²) in [5.41, 5.74) is 2.76. The molecule has 0 bridgehead atoms. The summed E-state index contributed by atoms with van der Waals surface area (Å²) in [7, 11) is -3.28. The maximum absolute atomic E-state index is 13.2. The van der Waals surface area contributed by atoms with Crippen molar-refractivity contribution in [3.05, 3.63) is 65.7 Å². The van der Waals surface area contributed by atoms with Gasteiger partial charge in [-0.05, 0) is 36.8 Å². The Balaban J connectivity index is 1.66. The van der Waals surface area contributed by atoms with Gasteiger partial charge in [-0.15, -0.1) is 0 Å². The topological polar surface area (TPSA) is 69.3 Å². The third-order valence-corrected chi connectivity index (χ3v) is 7.08. The molecule has 148 valence electrons. The van der Waals surface area contributed by atoms with Crippen LogP contribution >= 0.6 is 0 Å². The number of fused-ring (bicyclic) bond motifs is 1. The molecule has 1 aliphatic heterocycles. The van der Waals surface area contributed by atoms with Crippen LogP contribution in [-0.2, 0) is 16.6 Å². The van der Waals surface area contributed by atoms with Crippen molar-refractivity contribution in [1.82, 2.24) is 19.2 Å². The summed E-state index contributed by atoms with van der Waals surface area (Å²) in [5.74, 6) is 0.563. The quantitative estimate of drug-likeness (QED) is 0.713. The van der Waals surface area contributed by atoms with E-state index in [1.165, 1.54) is 12.1 Å². The lowest BCUT2D eigenvalue weighted by Crippen LogP contribution is -2.50. The van der Waals surface area contributed by atoms with E-state index in [1.54, 1.807) is 23.4 Å². The highest BCUT2D eigenvalue weighted by atomic mass is 32.2. The average Bonchev–Trinajstić information content (AvgIpc) is 3.14. The number of nitrogens with one attached hydrogen (secondary N) is 1. The first-order valence-corrected chi connectivity index (χ1v) is 11.0. The Morgan fingerprint density at radius 1 is 1.14 bits per heavy atom. The second-order valence-corrected chi connectivity index (χ2v) is 9.27. The summed E-state index contributed by atoms with van der Waals surface area (Å²) in [6, 6.07) is 14.0. The summed E-state index contributed by atoms with van der Waals surface area (Å²) in [5, 5.41) is 0. The van der Waals surface area contributed by atoms with E-state index in [0.717, 1.165) is 22.4 Å². The smallest absolute Gasteiger partial charge is 0.213 e. The summed E-state index contributed by atoms with van der Waals surface area (Å²) in [6.07, 6.45) is 0. The first-order chi connectivity index (χ1) is 13.5. The first-order valence-electron chi connectivity index (χ1n) is 9.37. The Morgan fingerprint density at radius 2 is 1.89 bits per heavy atom. The fourth-order valence-corrected chi connectivity index (χ4v) is 4.73. The van der Waals surface area contributed by atoms with Crippen molar-refractivity contribution in [1.29, 1.82) is 0 Å². The maximum atomic E-state index is 13.2. The second-order valence-electron chi connectivity index (χ2n) is 7.01. The molecule has 0 radical (unpaired) electrons. The van der Waals surface area contributed by atoms with Crippen molar-refractivity contribution in [3.63, 3.8) is 0 Å². The van der Waals surface area contributed by atoms with Gasteiger partial charge < -0.3 is 4.98 Å². The molecule has 28 heavy (non-hydrogen) atoms. The van der Waals surface area contributed by atoms with E-state index in [4.69, 9.17) is 4.98 Å². The van der Waals surface area contributed by atoms with Crippen molar-refractivity contribution in [3.8, 4) is 0 Å². The van der Waals surface area contributed by atoms with Crippen LogP contribution in [0.5, 0.6) is 0 Å². The molecule has 1 aromatic heterocycles. The number of benzene rings is 2. The van der Waals surface area contributed by atoms with Gasteiger partial charge in [0.15, 0.2) is 0 Å². The molecule has 2 aromatic carbocycles. The normalized spacial score (nSPS) is 19.3. The number of aromatic amines is 1. The molecule has 1 N–H and O–H groups in total. The predicted octanol–water partition coefficient (Wildman–Crippen LogP) is 2.91. The number of H-pyrrole nitrogens is 1. The van der Waals surface area contributed by atoms with Gasteiger partial charge >= 0.3 is 0 Å². The fourth-order valence-electron chi connectivity index (χ4n) is 3.63. The molecular weight excluding hydrogens is 379 g/mol.